The van der Waals surface area contributed by atoms with Gasteiger partial charge in [-0.2, -0.15) is 0 Å². The van der Waals surface area contributed by atoms with Gasteiger partial charge in [-0.3, -0.25) is 4.90 Å². The number of benzene rings is 3. The van der Waals surface area contributed by atoms with Crippen LogP contribution >= 0.6 is 0 Å². The van der Waals surface area contributed by atoms with Crippen molar-refractivity contribution in [2.24, 2.45) is 0 Å². The van der Waals surface area contributed by atoms with Gasteiger partial charge in [0.25, 0.3) is 0 Å². The first-order valence-corrected chi connectivity index (χ1v) is 11.7. The lowest BCUT2D eigenvalue weighted by Crippen LogP contribution is -2.48. The summed E-state index contributed by atoms with van der Waals surface area (Å²) in [5.41, 5.74) is 3.15. The Labute approximate surface area is 200 Å². The van der Waals surface area contributed by atoms with E-state index in [0.717, 1.165) is 16.7 Å². The van der Waals surface area contributed by atoms with E-state index in [1.54, 1.807) is 6.92 Å². The highest BCUT2D eigenvalue weighted by Gasteiger charge is 2.33. The molecular formula is C28H31NO5. The molecule has 3 aromatic carbocycles. The minimum Gasteiger partial charge on any atom is -0.486 e. The smallest absolute Gasteiger partial charge is 0.336 e. The SMILES string of the molecule is CCOC(=O)C(O)C(Cc1ccc2c(c1)OCCO2)N(Cc1ccccc1)Cc1ccccc1. The van der Waals surface area contributed by atoms with Gasteiger partial charge in [-0.1, -0.05) is 66.7 Å². The Morgan fingerprint density at radius 1 is 0.882 bits per heavy atom. The van der Waals surface area contributed by atoms with Gasteiger partial charge >= 0.3 is 5.97 Å². The quantitative estimate of drug-likeness (QED) is 0.461. The Balaban J connectivity index is 1.67. The van der Waals surface area contributed by atoms with Gasteiger partial charge in [-0.15, -0.1) is 0 Å². The summed E-state index contributed by atoms with van der Waals surface area (Å²) in [5.74, 6) is 0.782. The number of carbonyl (C=O) groups is 1. The highest BCUT2D eigenvalue weighted by molar-refractivity contribution is 5.75. The monoisotopic (exact) mass is 461 g/mol. The van der Waals surface area contributed by atoms with Gasteiger partial charge in [-0.05, 0) is 42.2 Å². The van der Waals surface area contributed by atoms with Crippen molar-refractivity contribution < 1.29 is 24.1 Å². The largest absolute Gasteiger partial charge is 0.486 e. The lowest BCUT2D eigenvalue weighted by atomic mass is 9.97. The van der Waals surface area contributed by atoms with Crippen molar-refractivity contribution in [3.8, 4) is 11.5 Å². The second kappa shape index (κ2) is 11.7. The van der Waals surface area contributed by atoms with Crippen molar-refractivity contribution in [3.05, 3.63) is 95.6 Å². The average molecular weight is 462 g/mol. The molecule has 2 unspecified atom stereocenters. The van der Waals surface area contributed by atoms with Crippen molar-refractivity contribution in [3.63, 3.8) is 0 Å². The van der Waals surface area contributed by atoms with Crippen molar-refractivity contribution in [2.75, 3.05) is 19.8 Å². The van der Waals surface area contributed by atoms with E-state index in [4.69, 9.17) is 14.2 Å². The Morgan fingerprint density at radius 2 is 1.47 bits per heavy atom. The third kappa shape index (κ3) is 6.16. The molecule has 0 bridgehead atoms. The molecule has 1 heterocycles. The van der Waals surface area contributed by atoms with Crippen LogP contribution in [0.5, 0.6) is 11.5 Å². The number of hydrogen-bond acceptors (Lipinski definition) is 6. The zero-order valence-corrected chi connectivity index (χ0v) is 19.4. The van der Waals surface area contributed by atoms with Gasteiger partial charge < -0.3 is 19.3 Å². The minimum absolute atomic E-state index is 0.212. The van der Waals surface area contributed by atoms with Crippen LogP contribution in [0.25, 0.3) is 0 Å². The number of rotatable bonds is 10. The summed E-state index contributed by atoms with van der Waals surface area (Å²) in [6, 6.07) is 25.4. The third-order valence-electron chi connectivity index (χ3n) is 5.87. The molecule has 0 fully saturated rings. The molecule has 6 nitrogen and oxygen atoms in total. The highest BCUT2D eigenvalue weighted by Crippen LogP contribution is 2.32. The van der Waals surface area contributed by atoms with Crippen LogP contribution in [0.3, 0.4) is 0 Å². The molecule has 4 rings (SSSR count). The van der Waals surface area contributed by atoms with Crippen molar-refractivity contribution in [1.29, 1.82) is 0 Å². The first-order chi connectivity index (χ1) is 16.6. The van der Waals surface area contributed by atoms with Gasteiger partial charge in [0.1, 0.15) is 13.2 Å². The van der Waals surface area contributed by atoms with E-state index < -0.39 is 18.1 Å². The van der Waals surface area contributed by atoms with E-state index in [2.05, 4.69) is 29.2 Å². The van der Waals surface area contributed by atoms with E-state index in [1.165, 1.54) is 0 Å². The summed E-state index contributed by atoms with van der Waals surface area (Å²) in [7, 11) is 0. The molecular weight excluding hydrogens is 430 g/mol. The van der Waals surface area contributed by atoms with Gasteiger partial charge in [-0.25, -0.2) is 4.79 Å². The number of aliphatic hydroxyl groups excluding tert-OH is 1. The van der Waals surface area contributed by atoms with Crippen molar-refractivity contribution in [2.45, 2.75) is 38.6 Å². The fourth-order valence-electron chi connectivity index (χ4n) is 4.21. The maximum Gasteiger partial charge on any atom is 0.336 e. The second-order valence-corrected chi connectivity index (χ2v) is 8.32. The maximum atomic E-state index is 12.7. The van der Waals surface area contributed by atoms with Gasteiger partial charge in [0.2, 0.25) is 0 Å². The van der Waals surface area contributed by atoms with Gasteiger partial charge in [0.15, 0.2) is 17.6 Å². The van der Waals surface area contributed by atoms with Crippen molar-refractivity contribution >= 4 is 5.97 Å². The Kier molecular flexibility index (Phi) is 8.17. The van der Waals surface area contributed by atoms with Crippen LogP contribution in [0.1, 0.15) is 23.6 Å². The van der Waals surface area contributed by atoms with Gasteiger partial charge in [0.05, 0.1) is 12.6 Å². The summed E-state index contributed by atoms with van der Waals surface area (Å²) < 4.78 is 16.6. The first-order valence-electron chi connectivity index (χ1n) is 11.7. The van der Waals surface area contributed by atoms with Crippen LogP contribution in [-0.4, -0.2) is 47.9 Å². The molecule has 0 spiro atoms. The minimum atomic E-state index is -1.31. The highest BCUT2D eigenvalue weighted by atomic mass is 16.6. The molecule has 178 valence electrons. The number of hydrogen-bond donors (Lipinski definition) is 1. The average Bonchev–Trinajstić information content (AvgIpc) is 2.88. The number of carbonyl (C=O) groups excluding carboxylic acids is 1. The predicted molar refractivity (Wildman–Crippen MR) is 130 cm³/mol. The van der Waals surface area contributed by atoms with Gasteiger partial charge in [0, 0.05) is 13.1 Å². The molecule has 2 atom stereocenters. The second-order valence-electron chi connectivity index (χ2n) is 8.32. The number of fused-ring (bicyclic) bond motifs is 1. The fourth-order valence-corrected chi connectivity index (χ4v) is 4.21. The molecule has 0 saturated carbocycles. The zero-order chi connectivity index (χ0) is 23.8. The summed E-state index contributed by atoms with van der Waals surface area (Å²) in [4.78, 5) is 14.8. The fraction of sp³-hybridized carbons (Fsp3) is 0.321. The zero-order valence-electron chi connectivity index (χ0n) is 19.4. The summed E-state index contributed by atoms with van der Waals surface area (Å²) in [5, 5.41) is 11.2. The van der Waals surface area contributed by atoms with E-state index in [9.17, 15) is 9.90 Å². The molecule has 1 aliphatic rings. The van der Waals surface area contributed by atoms with E-state index in [1.807, 2.05) is 54.6 Å². The molecule has 3 aromatic rings. The molecule has 0 saturated heterocycles. The molecule has 0 amide bonds. The van der Waals surface area contributed by atoms with Crippen LogP contribution in [0, 0.1) is 0 Å². The molecule has 0 aliphatic carbocycles. The summed E-state index contributed by atoms with van der Waals surface area (Å²) in [6.45, 7) is 4.12. The molecule has 34 heavy (non-hydrogen) atoms. The number of esters is 1. The third-order valence-corrected chi connectivity index (χ3v) is 5.87. The lowest BCUT2D eigenvalue weighted by molar-refractivity contribution is -0.157. The topological polar surface area (TPSA) is 68.2 Å². The standard InChI is InChI=1S/C28H31NO5/c1-2-32-28(31)27(30)24(17-23-13-14-25-26(18-23)34-16-15-33-25)29(19-21-9-5-3-6-10-21)20-22-11-7-4-8-12-22/h3-14,18,24,27,30H,2,15-17,19-20H2,1H3. The number of ether oxygens (including phenoxy) is 3. The van der Waals surface area contributed by atoms with E-state index in [0.29, 0.717) is 44.2 Å². The Hall–Kier alpha value is -3.35. The normalized spacial score (nSPS) is 14.4. The summed E-state index contributed by atoms with van der Waals surface area (Å²) >= 11 is 0. The predicted octanol–water partition coefficient (Wildman–Crippen LogP) is 4.00. The van der Waals surface area contributed by atoms with E-state index in [-0.39, 0.29) is 6.61 Å². The molecule has 6 heteroatoms. The number of nitrogens with zero attached hydrogens (tertiary/aromatic N) is 1. The van der Waals surface area contributed by atoms with Crippen LogP contribution in [-0.2, 0) is 29.0 Å². The first kappa shape index (κ1) is 23.8. The number of aliphatic hydroxyl groups is 1. The van der Waals surface area contributed by atoms with Crippen molar-refractivity contribution in [1.82, 2.24) is 4.90 Å². The molecule has 1 aliphatic heterocycles. The van der Waals surface area contributed by atoms with E-state index >= 15 is 0 Å². The molecule has 1 N–H and O–H groups in total. The Bertz CT molecular complexity index is 1020. The van der Waals surface area contributed by atoms with Crippen LogP contribution < -0.4 is 9.47 Å². The lowest BCUT2D eigenvalue weighted by Gasteiger charge is -2.34. The Morgan fingerprint density at radius 3 is 2.06 bits per heavy atom. The summed E-state index contributed by atoms with van der Waals surface area (Å²) in [6.07, 6.45) is -0.864. The molecule has 0 aromatic heterocycles. The molecule has 0 radical (unpaired) electrons. The van der Waals surface area contributed by atoms with Crippen LogP contribution in [0.4, 0.5) is 0 Å². The maximum absolute atomic E-state index is 12.7. The van der Waals surface area contributed by atoms with Crippen LogP contribution in [0.2, 0.25) is 0 Å². The van der Waals surface area contributed by atoms with Crippen LogP contribution in [0.15, 0.2) is 78.9 Å².